The van der Waals surface area contributed by atoms with Crippen molar-refractivity contribution in [2.45, 2.75) is 39.3 Å². The van der Waals surface area contributed by atoms with Crippen LogP contribution in [-0.4, -0.2) is 37.1 Å². The molecule has 3 aromatic rings. The number of carboxylic acid groups (broad SMARTS) is 1. The molecule has 2 amide bonds. The molecular formula is C23H23N5O4. The molecule has 9 nitrogen and oxygen atoms in total. The second kappa shape index (κ2) is 8.15. The number of aromatic nitrogens is 2. The minimum atomic E-state index is -1.19. The monoisotopic (exact) mass is 433 g/mol. The Hall–Kier alpha value is -4.19. The lowest BCUT2D eigenvalue weighted by molar-refractivity contribution is 0.0719. The van der Waals surface area contributed by atoms with Crippen molar-refractivity contribution in [3.05, 3.63) is 69.8 Å². The SMILES string of the molecule is C[C@@H](c1nc2c(C#N)cccc2c(=O)n1-c1cccc(C(N)=O)c1)N(C(=O)O)C(C)(C)C. The van der Waals surface area contributed by atoms with E-state index in [4.69, 9.17) is 5.73 Å². The third kappa shape index (κ3) is 3.90. The largest absolute Gasteiger partial charge is 0.465 e. The first kappa shape index (κ1) is 22.5. The molecule has 0 unspecified atom stereocenters. The van der Waals surface area contributed by atoms with Crippen LogP contribution in [0.4, 0.5) is 4.79 Å². The van der Waals surface area contributed by atoms with Gasteiger partial charge in [0, 0.05) is 11.1 Å². The van der Waals surface area contributed by atoms with Crippen molar-refractivity contribution in [3.8, 4) is 11.8 Å². The summed E-state index contributed by atoms with van der Waals surface area (Å²) in [5, 5.41) is 19.6. The highest BCUT2D eigenvalue weighted by Crippen LogP contribution is 2.29. The molecule has 32 heavy (non-hydrogen) atoms. The van der Waals surface area contributed by atoms with Crippen LogP contribution in [0.2, 0.25) is 0 Å². The topological polar surface area (TPSA) is 142 Å². The standard InChI is InChI=1S/C23H23N5O4/c1-13(28(22(31)32)23(2,3)4)20-26-18-15(12-24)8-6-10-17(18)21(30)27(20)16-9-5-7-14(11-16)19(25)29/h5-11,13H,1-4H3,(H2,25,29)(H,31,32)/t13-/m0/s1. The molecule has 0 saturated heterocycles. The zero-order valence-electron chi connectivity index (χ0n) is 18.2. The first-order chi connectivity index (χ1) is 15.0. The summed E-state index contributed by atoms with van der Waals surface area (Å²) < 4.78 is 1.27. The molecule has 0 radical (unpaired) electrons. The van der Waals surface area contributed by atoms with Gasteiger partial charge in [-0.25, -0.2) is 9.78 Å². The maximum absolute atomic E-state index is 13.6. The van der Waals surface area contributed by atoms with Crippen LogP contribution >= 0.6 is 0 Å². The van der Waals surface area contributed by atoms with Crippen LogP contribution < -0.4 is 11.3 Å². The van der Waals surface area contributed by atoms with Crippen molar-refractivity contribution in [1.29, 1.82) is 5.26 Å². The van der Waals surface area contributed by atoms with E-state index < -0.39 is 29.1 Å². The molecule has 0 saturated carbocycles. The Bertz CT molecular complexity index is 1330. The first-order valence-electron chi connectivity index (χ1n) is 9.85. The predicted octanol–water partition coefficient (Wildman–Crippen LogP) is 3.20. The van der Waals surface area contributed by atoms with E-state index in [1.54, 1.807) is 58.0 Å². The summed E-state index contributed by atoms with van der Waals surface area (Å²) in [4.78, 5) is 43.2. The summed E-state index contributed by atoms with van der Waals surface area (Å²) in [7, 11) is 0. The van der Waals surface area contributed by atoms with Crippen LogP contribution in [0.1, 0.15) is 55.5 Å². The highest BCUT2D eigenvalue weighted by atomic mass is 16.4. The van der Waals surface area contributed by atoms with Gasteiger partial charge in [0.2, 0.25) is 5.91 Å². The van der Waals surface area contributed by atoms with Crippen molar-refractivity contribution in [2.75, 3.05) is 0 Å². The van der Waals surface area contributed by atoms with Crippen molar-refractivity contribution in [2.24, 2.45) is 5.73 Å². The van der Waals surface area contributed by atoms with Crippen molar-refractivity contribution < 1.29 is 14.7 Å². The Morgan fingerprint density at radius 1 is 1.22 bits per heavy atom. The van der Waals surface area contributed by atoms with E-state index in [0.717, 1.165) is 0 Å². The number of carbonyl (C=O) groups excluding carboxylic acids is 1. The number of benzene rings is 2. The third-order valence-electron chi connectivity index (χ3n) is 5.12. The van der Waals surface area contributed by atoms with Gasteiger partial charge in [0.05, 0.1) is 28.2 Å². The number of hydrogen-bond donors (Lipinski definition) is 2. The summed E-state index contributed by atoms with van der Waals surface area (Å²) >= 11 is 0. The van der Waals surface area contributed by atoms with Gasteiger partial charge in [-0.1, -0.05) is 12.1 Å². The molecule has 0 aliphatic heterocycles. The summed E-state index contributed by atoms with van der Waals surface area (Å²) in [6, 6.07) is 12.0. The fraction of sp³-hybridized carbons (Fsp3) is 0.261. The number of nitrogens with zero attached hydrogens (tertiary/aromatic N) is 4. The minimum absolute atomic E-state index is 0.115. The summed E-state index contributed by atoms with van der Waals surface area (Å²) in [6.07, 6.45) is -1.19. The van der Waals surface area contributed by atoms with Gasteiger partial charge >= 0.3 is 6.09 Å². The smallest absolute Gasteiger partial charge is 0.408 e. The third-order valence-corrected chi connectivity index (χ3v) is 5.12. The molecular weight excluding hydrogens is 410 g/mol. The van der Waals surface area contributed by atoms with E-state index in [1.807, 2.05) is 6.07 Å². The van der Waals surface area contributed by atoms with Gasteiger partial charge in [0.15, 0.2) is 0 Å². The Morgan fingerprint density at radius 3 is 2.44 bits per heavy atom. The fourth-order valence-electron chi connectivity index (χ4n) is 3.79. The number of hydrogen-bond acceptors (Lipinski definition) is 5. The molecule has 3 N–H and O–H groups in total. The van der Waals surface area contributed by atoms with Crippen molar-refractivity contribution in [1.82, 2.24) is 14.5 Å². The molecule has 0 spiro atoms. The molecule has 0 fully saturated rings. The number of primary amides is 1. The fourth-order valence-corrected chi connectivity index (χ4v) is 3.79. The predicted molar refractivity (Wildman–Crippen MR) is 119 cm³/mol. The molecule has 0 aliphatic rings. The van der Waals surface area contributed by atoms with Crippen LogP contribution in [0.15, 0.2) is 47.3 Å². The summed E-state index contributed by atoms with van der Waals surface area (Å²) in [6.45, 7) is 6.82. The second-order valence-electron chi connectivity index (χ2n) is 8.34. The lowest BCUT2D eigenvalue weighted by Gasteiger charge is -2.38. The molecule has 0 aliphatic carbocycles. The Labute approximate surface area is 184 Å². The van der Waals surface area contributed by atoms with Gasteiger partial charge in [-0.05, 0) is 58.0 Å². The number of para-hydroxylation sites is 1. The lowest BCUT2D eigenvalue weighted by Crippen LogP contribution is -2.47. The molecule has 0 bridgehead atoms. The summed E-state index contributed by atoms with van der Waals surface area (Å²) in [5.74, 6) is -0.555. The van der Waals surface area contributed by atoms with Gasteiger partial charge < -0.3 is 10.8 Å². The number of rotatable bonds is 4. The van der Waals surface area contributed by atoms with E-state index >= 15 is 0 Å². The average molecular weight is 433 g/mol. The normalized spacial score (nSPS) is 12.2. The van der Waals surface area contributed by atoms with Crippen LogP contribution in [0.25, 0.3) is 16.6 Å². The van der Waals surface area contributed by atoms with Gasteiger partial charge in [-0.3, -0.25) is 19.1 Å². The van der Waals surface area contributed by atoms with Crippen LogP contribution in [0.3, 0.4) is 0 Å². The van der Waals surface area contributed by atoms with Crippen molar-refractivity contribution >= 4 is 22.9 Å². The van der Waals surface area contributed by atoms with Crippen LogP contribution in [0, 0.1) is 11.3 Å². The number of carbonyl (C=O) groups is 2. The average Bonchev–Trinajstić information content (AvgIpc) is 2.71. The molecule has 1 atom stereocenters. The highest BCUT2D eigenvalue weighted by Gasteiger charge is 2.34. The van der Waals surface area contributed by atoms with Gasteiger partial charge in [-0.2, -0.15) is 5.26 Å². The van der Waals surface area contributed by atoms with E-state index in [2.05, 4.69) is 4.98 Å². The quantitative estimate of drug-likeness (QED) is 0.647. The zero-order valence-corrected chi connectivity index (χ0v) is 18.2. The van der Waals surface area contributed by atoms with E-state index in [9.17, 15) is 24.8 Å². The molecule has 3 rings (SSSR count). The number of nitrogens with two attached hydrogens (primary N) is 1. The van der Waals surface area contributed by atoms with E-state index in [-0.39, 0.29) is 27.9 Å². The Kier molecular flexibility index (Phi) is 5.73. The maximum atomic E-state index is 13.6. The molecule has 1 aromatic heterocycles. The minimum Gasteiger partial charge on any atom is -0.465 e. The molecule has 1 heterocycles. The van der Waals surface area contributed by atoms with E-state index in [1.165, 1.54) is 21.6 Å². The Morgan fingerprint density at radius 2 is 1.88 bits per heavy atom. The summed E-state index contributed by atoms with van der Waals surface area (Å²) in [5.41, 5.74) is 4.98. The Balaban J connectivity index is 2.45. The molecule has 9 heteroatoms. The van der Waals surface area contributed by atoms with Crippen LogP contribution in [-0.2, 0) is 0 Å². The second-order valence-corrected chi connectivity index (χ2v) is 8.34. The number of amides is 2. The first-order valence-corrected chi connectivity index (χ1v) is 9.85. The molecule has 164 valence electrons. The number of fused-ring (bicyclic) bond motifs is 1. The molecule has 2 aromatic carbocycles. The van der Waals surface area contributed by atoms with Crippen LogP contribution in [0.5, 0.6) is 0 Å². The maximum Gasteiger partial charge on any atom is 0.408 e. The van der Waals surface area contributed by atoms with E-state index in [0.29, 0.717) is 5.69 Å². The van der Waals surface area contributed by atoms with Gasteiger partial charge in [0.25, 0.3) is 5.56 Å². The van der Waals surface area contributed by atoms with Crippen molar-refractivity contribution in [3.63, 3.8) is 0 Å². The highest BCUT2D eigenvalue weighted by molar-refractivity contribution is 5.93. The number of nitriles is 1. The van der Waals surface area contributed by atoms with Gasteiger partial charge in [0.1, 0.15) is 11.9 Å². The lowest BCUT2D eigenvalue weighted by atomic mass is 10.0. The zero-order chi connectivity index (χ0) is 23.8. The van der Waals surface area contributed by atoms with Gasteiger partial charge in [-0.15, -0.1) is 0 Å².